The number of ether oxygens (including phenoxy) is 4. The highest BCUT2D eigenvalue weighted by Crippen LogP contribution is 2.46. The molecule has 34 heteroatoms. The maximum Gasteiger partial charge on any atom is 0.501 e. The molecule has 112 heavy (non-hydrogen) atoms. The largest absolute Gasteiger partial charge is 0.501 e. The molecule has 3 saturated heterocycles. The second-order valence-corrected chi connectivity index (χ2v) is 35.2. The molecule has 6 heterocycles. The van der Waals surface area contributed by atoms with Crippen molar-refractivity contribution in [2.24, 2.45) is 0 Å². The van der Waals surface area contributed by atoms with Crippen molar-refractivity contribution in [2.75, 3.05) is 129 Å². The molecule has 600 valence electrons. The molecule has 4 aliphatic heterocycles. The maximum atomic E-state index is 15.9. The smallest absolute Gasteiger partial charge is 0.382 e. The average Bonchev–Trinajstić information content (AvgIpc) is 1.56. The Labute approximate surface area is 657 Å². The van der Waals surface area contributed by atoms with Gasteiger partial charge in [0.05, 0.1) is 83.7 Å². The van der Waals surface area contributed by atoms with Crippen LogP contribution in [0, 0.1) is 12.7 Å². The number of halogens is 5. The maximum absolute atomic E-state index is 15.9. The third-order valence-corrected chi connectivity index (χ3v) is 25.5. The van der Waals surface area contributed by atoms with Gasteiger partial charge in [0, 0.05) is 146 Å². The number of fused-ring (bicyclic) bond motifs is 1. The Kier molecular flexibility index (Phi) is 26.7. The number of sulfonamides is 1. The van der Waals surface area contributed by atoms with Crippen molar-refractivity contribution in [1.82, 2.24) is 29.5 Å². The van der Waals surface area contributed by atoms with Crippen LogP contribution in [0.5, 0.6) is 0 Å². The highest BCUT2D eigenvalue weighted by atomic mass is 35.5. The molecule has 0 saturated carbocycles. The second kappa shape index (κ2) is 36.2. The zero-order valence-electron chi connectivity index (χ0n) is 62.3. The standard InChI is InChI=1S/C78H90ClF4N11O14S4/c1-51(2)93-52(3)74(110(4,99)100)71(73(93)53-14-16-55(79)17-15-53)54-44-56(80)46-61(45-54)91-36-34-90(35-37-91)60-20-18-57(19-21-60)88-112(103,104)64-22-23-66(69(47-64)111(101,102)78(81,82)83)85-58(50-109-63-10-6-5-7-11-63)26-31-89-32-27-62(28-33-89)108-38-9-30-92-48-59(87-92)49-107-43-42-106-41-40-105-39-29-84-67-13-8-12-65-72(67)77(98)94(76(65)97)68-24-25-70(95)86-75(68)96/h5-8,10-23,44-48,51,58,62,68,84-85,87-88H,9,24-43,49-50H2,1-4H3,(H,86,95,96)/t58-,68?/m1/s1. The first kappa shape index (κ1) is 82.7. The molecule has 5 N–H and O–H groups in total. The summed E-state index contributed by atoms with van der Waals surface area (Å²) < 4.78 is 172. The molecular weight excluding hydrogens is 1550 g/mol. The number of likely N-dealkylation sites (tertiary alicyclic amines) is 1. The molecule has 4 amide bonds. The zero-order chi connectivity index (χ0) is 79.7. The van der Waals surface area contributed by atoms with E-state index in [-0.39, 0.29) is 46.7 Å². The van der Waals surface area contributed by atoms with Crippen LogP contribution >= 0.6 is 23.4 Å². The summed E-state index contributed by atoms with van der Waals surface area (Å²) in [6.07, 6.45) is 5.91. The van der Waals surface area contributed by atoms with E-state index in [0.717, 1.165) is 53.1 Å². The Bertz CT molecular complexity index is 5020. The molecule has 12 rings (SSSR count). The molecule has 0 aliphatic carbocycles. The van der Waals surface area contributed by atoms with Gasteiger partial charge in [0.15, 0.2) is 9.84 Å². The topological polar surface area (TPSA) is 294 Å². The number of piperazine rings is 1. The highest BCUT2D eigenvalue weighted by molar-refractivity contribution is 7.99. The van der Waals surface area contributed by atoms with Gasteiger partial charge in [-0.15, -0.1) is 11.8 Å². The fourth-order valence-corrected chi connectivity index (χ4v) is 19.0. The summed E-state index contributed by atoms with van der Waals surface area (Å²) in [5.41, 5.74) is -0.537. The molecule has 6 aromatic carbocycles. The summed E-state index contributed by atoms with van der Waals surface area (Å²) >= 11 is 7.72. The highest BCUT2D eigenvalue weighted by Gasteiger charge is 2.49. The minimum absolute atomic E-state index is 0.0261. The molecular formula is C78H90ClF4N11O14S4. The van der Waals surface area contributed by atoms with E-state index >= 15 is 4.39 Å². The Balaban J connectivity index is 0.575. The summed E-state index contributed by atoms with van der Waals surface area (Å²) in [5, 5.41) is 12.2. The monoisotopic (exact) mass is 1640 g/mol. The Hall–Kier alpha value is -8.77. The van der Waals surface area contributed by atoms with E-state index in [9.17, 15) is 57.6 Å². The number of thioether (sulfide) groups is 1. The van der Waals surface area contributed by atoms with E-state index in [4.69, 9.17) is 30.5 Å². The number of aryl methyl sites for hydroxylation is 1. The number of H-pyrrole nitrogens is 1. The van der Waals surface area contributed by atoms with Gasteiger partial charge in [-0.05, 0) is 161 Å². The van der Waals surface area contributed by atoms with Crippen LogP contribution in [0.15, 0.2) is 159 Å². The summed E-state index contributed by atoms with van der Waals surface area (Å²) in [6, 6.07) is 33.0. The lowest BCUT2D eigenvalue weighted by atomic mass is 9.99. The number of carbonyl (C=O) groups is 4. The van der Waals surface area contributed by atoms with Gasteiger partial charge in [-0.1, -0.05) is 48.0 Å². The van der Waals surface area contributed by atoms with Gasteiger partial charge in [-0.3, -0.25) is 43.9 Å². The van der Waals surface area contributed by atoms with E-state index in [2.05, 4.69) is 30.7 Å². The van der Waals surface area contributed by atoms with Crippen molar-refractivity contribution in [3.63, 3.8) is 0 Å². The van der Waals surface area contributed by atoms with Gasteiger partial charge in [0.2, 0.25) is 11.8 Å². The first-order chi connectivity index (χ1) is 53.5. The number of carbonyl (C=O) groups excluding carboxylic acids is 4. The van der Waals surface area contributed by atoms with E-state index < -0.39 is 92.2 Å². The van der Waals surface area contributed by atoms with E-state index in [0.29, 0.717) is 174 Å². The van der Waals surface area contributed by atoms with Crippen molar-refractivity contribution < 1.29 is 80.9 Å². The number of rotatable bonds is 36. The van der Waals surface area contributed by atoms with Gasteiger partial charge in [-0.2, -0.15) is 13.2 Å². The third-order valence-electron chi connectivity index (χ3n) is 20.0. The van der Waals surface area contributed by atoms with Gasteiger partial charge in [0.25, 0.3) is 31.7 Å². The number of benzene rings is 6. The van der Waals surface area contributed by atoms with E-state index in [1.165, 1.54) is 42.1 Å². The number of alkyl halides is 3. The number of nitrogens with zero attached hydrogens (tertiary/aromatic N) is 6. The number of amides is 4. The van der Waals surface area contributed by atoms with Crippen molar-refractivity contribution in [3.05, 3.63) is 173 Å². The molecule has 0 spiro atoms. The molecule has 0 bridgehead atoms. The van der Waals surface area contributed by atoms with Crippen LogP contribution in [-0.4, -0.2) is 201 Å². The molecule has 25 nitrogen and oxygen atoms in total. The van der Waals surface area contributed by atoms with Crippen LogP contribution in [0.2, 0.25) is 5.02 Å². The lowest BCUT2D eigenvalue weighted by Crippen LogP contribution is -2.54. The fraction of sp³-hybridized carbons (Fsp3) is 0.410. The number of sulfone groups is 2. The molecule has 3 fully saturated rings. The Morgan fingerprint density at radius 1 is 0.696 bits per heavy atom. The summed E-state index contributed by atoms with van der Waals surface area (Å²) in [6.45, 7) is 12.9. The first-order valence-corrected chi connectivity index (χ1v) is 43.2. The number of aromatic amines is 1. The number of aromatic nitrogens is 3. The van der Waals surface area contributed by atoms with Crippen LogP contribution in [0.4, 0.5) is 46.0 Å². The third kappa shape index (κ3) is 19.9. The summed E-state index contributed by atoms with van der Waals surface area (Å²) in [4.78, 5) is 56.8. The van der Waals surface area contributed by atoms with Gasteiger partial charge in [0.1, 0.15) is 16.8 Å². The number of piperidine rings is 2. The summed E-state index contributed by atoms with van der Waals surface area (Å²) in [5.74, 6) is -2.51. The Morgan fingerprint density at radius 3 is 2.04 bits per heavy atom. The molecule has 0 radical (unpaired) electrons. The molecule has 1 unspecified atom stereocenters. The predicted octanol–water partition coefficient (Wildman–Crippen LogP) is 12.1. The molecule has 2 aromatic heterocycles. The van der Waals surface area contributed by atoms with E-state index in [1.54, 1.807) is 49.4 Å². The van der Waals surface area contributed by atoms with Gasteiger partial charge in [-0.25, -0.2) is 29.6 Å². The predicted molar refractivity (Wildman–Crippen MR) is 421 cm³/mol. The van der Waals surface area contributed by atoms with Crippen molar-refractivity contribution in [3.8, 4) is 22.4 Å². The molecule has 8 aromatic rings. The SMILES string of the molecule is Cc1c(S(C)(=O)=O)c(-c2cc(F)cc(N3CCN(c4ccc(NS(=O)(=O)c5ccc(N[C@H](CCN6CCC(OCCCn7cc(COCCOCCOCCNc8cccc9c8C(=O)N(C8CCC(=O)NC8=O)C9=O)[nH]7)CC6)CSc6ccccc6)c(S(=O)(=O)C(F)(F)F)c5)cc4)CC3)c2)c(-c2ccc(Cl)cc2)n1C(C)C. The number of hydrogen-bond acceptors (Lipinski definition) is 20. The minimum Gasteiger partial charge on any atom is -0.382 e. The molecule has 4 aliphatic rings. The average molecular weight is 1650 g/mol. The van der Waals surface area contributed by atoms with Gasteiger partial charge < -0.3 is 48.8 Å². The lowest BCUT2D eigenvalue weighted by Gasteiger charge is -2.37. The number of imide groups is 2. The normalized spacial score (nSPS) is 16.6. The van der Waals surface area contributed by atoms with Crippen molar-refractivity contribution >= 4 is 105 Å². The summed E-state index contributed by atoms with van der Waals surface area (Å²) in [7, 11) is -14.6. The number of hydrogen-bond donors (Lipinski definition) is 5. The van der Waals surface area contributed by atoms with E-state index in [1.807, 2.05) is 81.6 Å². The second-order valence-electron chi connectivity index (χ2n) is 28.2. The van der Waals surface area contributed by atoms with Crippen LogP contribution in [0.3, 0.4) is 0 Å². The quantitative estimate of drug-likeness (QED) is 0.0105. The first-order valence-electron chi connectivity index (χ1n) is 36.9. The lowest BCUT2D eigenvalue weighted by molar-refractivity contribution is -0.136. The van der Waals surface area contributed by atoms with Crippen LogP contribution in [0.25, 0.3) is 22.4 Å². The van der Waals surface area contributed by atoms with Crippen molar-refractivity contribution in [2.45, 2.75) is 122 Å². The van der Waals surface area contributed by atoms with Crippen LogP contribution < -0.4 is 30.5 Å². The van der Waals surface area contributed by atoms with Crippen LogP contribution in [-0.2, 0) is 71.4 Å². The van der Waals surface area contributed by atoms with Crippen molar-refractivity contribution in [1.29, 1.82) is 0 Å². The Morgan fingerprint density at radius 2 is 1.38 bits per heavy atom. The zero-order valence-corrected chi connectivity index (χ0v) is 66.3. The minimum atomic E-state index is -6.12. The fourth-order valence-electron chi connectivity index (χ4n) is 14.5. The van der Waals surface area contributed by atoms with Crippen LogP contribution in [0.1, 0.15) is 90.5 Å². The molecule has 2 atom stereocenters. The van der Waals surface area contributed by atoms with Gasteiger partial charge >= 0.3 is 5.51 Å². The number of anilines is 5. The number of nitrogens with one attached hydrogen (secondary N) is 5.